The molecule has 0 saturated carbocycles. The Hall–Kier alpha value is -1.25. The van der Waals surface area contributed by atoms with Crippen LogP contribution in [0.4, 0.5) is 5.69 Å². The summed E-state index contributed by atoms with van der Waals surface area (Å²) >= 11 is 0. The molecule has 1 aromatic rings. The monoisotopic (exact) mass is 208 g/mol. The van der Waals surface area contributed by atoms with Crippen LogP contribution >= 0.6 is 0 Å². The third kappa shape index (κ3) is 3.42. The maximum atomic E-state index is 5.07. The van der Waals surface area contributed by atoms with Crippen LogP contribution < -0.4 is 10.1 Å². The van der Waals surface area contributed by atoms with Crippen molar-refractivity contribution < 1.29 is 4.74 Å². The highest BCUT2D eigenvalue weighted by molar-refractivity contribution is 5.46. The molecule has 1 aromatic heterocycles. The van der Waals surface area contributed by atoms with Crippen LogP contribution in [0.5, 0.6) is 5.88 Å². The normalized spacial score (nSPS) is 13.4. The number of hydrogen-bond donors (Lipinski definition) is 1. The molecule has 0 aromatic carbocycles. The topological polar surface area (TPSA) is 34.1 Å². The van der Waals surface area contributed by atoms with Crippen LogP contribution in [-0.4, -0.2) is 18.1 Å². The number of aromatic nitrogens is 1. The minimum Gasteiger partial charge on any atom is -0.481 e. The quantitative estimate of drug-likeness (QED) is 0.829. The van der Waals surface area contributed by atoms with E-state index in [1.165, 1.54) is 0 Å². The standard InChI is InChI=1S/C12H20N2O/c1-9(12(2,3)4)14-10-6-7-13-11(8-10)15-5/h6-9H,1-5H3,(H,13,14). The van der Waals surface area contributed by atoms with E-state index < -0.39 is 0 Å². The zero-order valence-corrected chi connectivity index (χ0v) is 10.2. The van der Waals surface area contributed by atoms with Gasteiger partial charge in [0.05, 0.1) is 7.11 Å². The van der Waals surface area contributed by atoms with Crippen molar-refractivity contribution in [3.05, 3.63) is 18.3 Å². The molecular weight excluding hydrogens is 188 g/mol. The molecule has 84 valence electrons. The van der Waals surface area contributed by atoms with Crippen molar-refractivity contribution in [2.24, 2.45) is 5.41 Å². The fraction of sp³-hybridized carbons (Fsp3) is 0.583. The van der Waals surface area contributed by atoms with Gasteiger partial charge >= 0.3 is 0 Å². The summed E-state index contributed by atoms with van der Waals surface area (Å²) in [5.74, 6) is 0.640. The average Bonchev–Trinajstić information content (AvgIpc) is 2.16. The molecule has 0 aliphatic rings. The van der Waals surface area contributed by atoms with E-state index in [0.717, 1.165) is 5.69 Å². The summed E-state index contributed by atoms with van der Waals surface area (Å²) in [7, 11) is 1.62. The van der Waals surface area contributed by atoms with E-state index in [1.807, 2.05) is 12.1 Å². The Balaban J connectivity index is 2.72. The number of ether oxygens (including phenoxy) is 1. The van der Waals surface area contributed by atoms with Crippen molar-refractivity contribution in [1.82, 2.24) is 4.98 Å². The van der Waals surface area contributed by atoms with Gasteiger partial charge in [0.25, 0.3) is 0 Å². The number of hydrogen-bond acceptors (Lipinski definition) is 3. The fourth-order valence-electron chi connectivity index (χ4n) is 1.08. The van der Waals surface area contributed by atoms with E-state index in [4.69, 9.17) is 4.74 Å². The van der Waals surface area contributed by atoms with Crippen molar-refractivity contribution in [1.29, 1.82) is 0 Å². The summed E-state index contributed by atoms with van der Waals surface area (Å²) in [4.78, 5) is 4.07. The first-order valence-electron chi connectivity index (χ1n) is 5.20. The SMILES string of the molecule is COc1cc(NC(C)C(C)(C)C)ccn1. The van der Waals surface area contributed by atoms with Gasteiger partial charge in [0, 0.05) is 24.0 Å². The molecule has 3 heteroatoms. The van der Waals surface area contributed by atoms with E-state index in [1.54, 1.807) is 13.3 Å². The number of methoxy groups -OCH3 is 1. The summed E-state index contributed by atoms with van der Waals surface area (Å²) < 4.78 is 5.07. The minimum absolute atomic E-state index is 0.233. The first kappa shape index (κ1) is 11.8. The van der Waals surface area contributed by atoms with Crippen LogP contribution in [0.3, 0.4) is 0 Å². The molecule has 1 unspecified atom stereocenters. The van der Waals surface area contributed by atoms with Crippen LogP contribution in [0.15, 0.2) is 18.3 Å². The predicted molar refractivity (Wildman–Crippen MR) is 63.3 cm³/mol. The second-order valence-electron chi connectivity index (χ2n) is 4.82. The molecule has 0 spiro atoms. The molecule has 1 atom stereocenters. The molecular formula is C12H20N2O. The minimum atomic E-state index is 0.233. The summed E-state index contributed by atoms with van der Waals surface area (Å²) in [6.45, 7) is 8.81. The van der Waals surface area contributed by atoms with Crippen LogP contribution in [0.2, 0.25) is 0 Å². The highest BCUT2D eigenvalue weighted by Gasteiger charge is 2.19. The first-order valence-corrected chi connectivity index (χ1v) is 5.20. The number of nitrogens with zero attached hydrogens (tertiary/aromatic N) is 1. The zero-order valence-electron chi connectivity index (χ0n) is 10.2. The molecule has 1 N–H and O–H groups in total. The van der Waals surface area contributed by atoms with E-state index >= 15 is 0 Å². The van der Waals surface area contributed by atoms with Crippen LogP contribution in [-0.2, 0) is 0 Å². The highest BCUT2D eigenvalue weighted by atomic mass is 16.5. The maximum absolute atomic E-state index is 5.07. The van der Waals surface area contributed by atoms with Gasteiger partial charge in [-0.3, -0.25) is 0 Å². The Bertz CT molecular complexity index is 318. The van der Waals surface area contributed by atoms with Gasteiger partial charge in [0.15, 0.2) is 0 Å². The summed E-state index contributed by atoms with van der Waals surface area (Å²) in [6.07, 6.45) is 1.75. The summed E-state index contributed by atoms with van der Waals surface area (Å²) in [6, 6.07) is 4.25. The van der Waals surface area contributed by atoms with Crippen molar-refractivity contribution in [3.63, 3.8) is 0 Å². The zero-order chi connectivity index (χ0) is 11.5. The Kier molecular flexibility index (Phi) is 3.56. The number of pyridine rings is 1. The molecule has 1 heterocycles. The van der Waals surface area contributed by atoms with Gasteiger partial charge in [-0.1, -0.05) is 20.8 Å². The van der Waals surface area contributed by atoms with E-state index in [2.05, 4.69) is 38.0 Å². The average molecular weight is 208 g/mol. The molecule has 15 heavy (non-hydrogen) atoms. The summed E-state index contributed by atoms with van der Waals surface area (Å²) in [5, 5.41) is 3.44. The van der Waals surface area contributed by atoms with Crippen LogP contribution in [0.1, 0.15) is 27.7 Å². The molecule has 1 rings (SSSR count). The lowest BCUT2D eigenvalue weighted by molar-refractivity contribution is 0.359. The van der Waals surface area contributed by atoms with Crippen molar-refractivity contribution >= 4 is 5.69 Å². The third-order valence-corrected chi connectivity index (χ3v) is 2.63. The maximum Gasteiger partial charge on any atom is 0.214 e. The predicted octanol–water partition coefficient (Wildman–Crippen LogP) is 2.94. The van der Waals surface area contributed by atoms with Crippen LogP contribution in [0, 0.1) is 5.41 Å². The number of anilines is 1. The lowest BCUT2D eigenvalue weighted by Gasteiger charge is -2.29. The second kappa shape index (κ2) is 4.51. The van der Waals surface area contributed by atoms with Gasteiger partial charge in [-0.05, 0) is 18.4 Å². The van der Waals surface area contributed by atoms with Gasteiger partial charge < -0.3 is 10.1 Å². The third-order valence-electron chi connectivity index (χ3n) is 2.63. The Morgan fingerprint density at radius 2 is 2.07 bits per heavy atom. The van der Waals surface area contributed by atoms with Crippen molar-refractivity contribution in [3.8, 4) is 5.88 Å². The van der Waals surface area contributed by atoms with Gasteiger partial charge in [0.2, 0.25) is 5.88 Å². The van der Waals surface area contributed by atoms with Gasteiger partial charge in [-0.2, -0.15) is 0 Å². The molecule has 0 aliphatic carbocycles. The van der Waals surface area contributed by atoms with Crippen LogP contribution in [0.25, 0.3) is 0 Å². The van der Waals surface area contributed by atoms with E-state index in [0.29, 0.717) is 11.9 Å². The van der Waals surface area contributed by atoms with Gasteiger partial charge in [0.1, 0.15) is 0 Å². The molecule has 0 bridgehead atoms. The Morgan fingerprint density at radius 3 is 2.60 bits per heavy atom. The lowest BCUT2D eigenvalue weighted by Crippen LogP contribution is -2.30. The van der Waals surface area contributed by atoms with Crippen molar-refractivity contribution in [2.45, 2.75) is 33.7 Å². The van der Waals surface area contributed by atoms with Gasteiger partial charge in [-0.25, -0.2) is 4.98 Å². The highest BCUT2D eigenvalue weighted by Crippen LogP contribution is 2.23. The summed E-state index contributed by atoms with van der Waals surface area (Å²) in [5.41, 5.74) is 1.28. The van der Waals surface area contributed by atoms with Crippen molar-refractivity contribution in [2.75, 3.05) is 12.4 Å². The van der Waals surface area contributed by atoms with E-state index in [9.17, 15) is 0 Å². The molecule has 0 radical (unpaired) electrons. The number of nitrogens with one attached hydrogen (secondary N) is 1. The lowest BCUT2D eigenvalue weighted by atomic mass is 9.88. The number of rotatable bonds is 3. The molecule has 0 fully saturated rings. The van der Waals surface area contributed by atoms with E-state index in [-0.39, 0.29) is 5.41 Å². The molecule has 0 aliphatic heterocycles. The fourth-order valence-corrected chi connectivity index (χ4v) is 1.08. The Morgan fingerprint density at radius 1 is 1.40 bits per heavy atom. The Labute approximate surface area is 91.9 Å². The molecule has 3 nitrogen and oxygen atoms in total. The second-order valence-corrected chi connectivity index (χ2v) is 4.82. The van der Waals surface area contributed by atoms with Gasteiger partial charge in [-0.15, -0.1) is 0 Å². The first-order chi connectivity index (χ1) is 6.93. The smallest absolute Gasteiger partial charge is 0.214 e. The molecule has 0 amide bonds. The largest absolute Gasteiger partial charge is 0.481 e. The molecule has 0 saturated heterocycles.